The standard InChI is InChI=1S/C11H17N5S2/c1-4-6-16-8(3)13-14-10(16)7-17-11-12-9(5-2)15-18-11/h4-7H2,1-3H3. The van der Waals surface area contributed by atoms with Gasteiger partial charge in [-0.15, -0.1) is 10.2 Å². The molecule has 0 aliphatic rings. The average Bonchev–Trinajstić information content (AvgIpc) is 2.96. The van der Waals surface area contributed by atoms with E-state index in [0.29, 0.717) is 0 Å². The summed E-state index contributed by atoms with van der Waals surface area (Å²) in [6.07, 6.45) is 1.98. The van der Waals surface area contributed by atoms with E-state index in [1.165, 1.54) is 11.5 Å². The zero-order chi connectivity index (χ0) is 13.0. The molecule has 2 aromatic rings. The van der Waals surface area contributed by atoms with Crippen LogP contribution in [0.2, 0.25) is 0 Å². The summed E-state index contributed by atoms with van der Waals surface area (Å²) in [5.74, 6) is 3.74. The third-order valence-electron chi connectivity index (χ3n) is 2.55. The van der Waals surface area contributed by atoms with E-state index in [4.69, 9.17) is 0 Å². The summed E-state index contributed by atoms with van der Waals surface area (Å²) < 4.78 is 7.46. The maximum atomic E-state index is 4.44. The first kappa shape index (κ1) is 13.5. The van der Waals surface area contributed by atoms with Crippen molar-refractivity contribution in [1.29, 1.82) is 0 Å². The SMILES string of the molecule is CCCn1c(C)nnc1CSc1nc(CC)ns1. The second-order valence-corrected chi connectivity index (χ2v) is 5.91. The van der Waals surface area contributed by atoms with Crippen LogP contribution in [0.3, 0.4) is 0 Å². The van der Waals surface area contributed by atoms with Crippen molar-refractivity contribution in [3.05, 3.63) is 17.5 Å². The molecular weight excluding hydrogens is 266 g/mol. The summed E-state index contributed by atoms with van der Waals surface area (Å²) in [5.41, 5.74) is 0. The van der Waals surface area contributed by atoms with E-state index in [9.17, 15) is 0 Å². The lowest BCUT2D eigenvalue weighted by Crippen LogP contribution is -2.04. The Hall–Kier alpha value is -0.950. The molecule has 0 fully saturated rings. The Labute approximate surface area is 115 Å². The minimum atomic E-state index is 0.805. The Morgan fingerprint density at radius 3 is 2.78 bits per heavy atom. The van der Waals surface area contributed by atoms with Gasteiger partial charge in [-0.1, -0.05) is 25.6 Å². The first-order chi connectivity index (χ1) is 8.74. The number of nitrogens with zero attached hydrogens (tertiary/aromatic N) is 5. The fraction of sp³-hybridized carbons (Fsp3) is 0.636. The molecule has 0 saturated heterocycles. The van der Waals surface area contributed by atoms with Crippen molar-refractivity contribution >= 4 is 23.3 Å². The van der Waals surface area contributed by atoms with Gasteiger partial charge in [0.05, 0.1) is 5.75 Å². The van der Waals surface area contributed by atoms with Crippen molar-refractivity contribution in [1.82, 2.24) is 24.1 Å². The van der Waals surface area contributed by atoms with Gasteiger partial charge in [0.1, 0.15) is 17.5 Å². The third kappa shape index (κ3) is 3.08. The molecular formula is C11H17N5S2. The van der Waals surface area contributed by atoms with Gasteiger partial charge in [0.25, 0.3) is 0 Å². The summed E-state index contributed by atoms with van der Waals surface area (Å²) >= 11 is 3.15. The molecule has 2 heterocycles. The summed E-state index contributed by atoms with van der Waals surface area (Å²) in [7, 11) is 0. The molecule has 0 saturated carbocycles. The molecule has 98 valence electrons. The molecule has 0 amide bonds. The Kier molecular flexibility index (Phi) is 4.71. The summed E-state index contributed by atoms with van der Waals surface area (Å²) in [6, 6.07) is 0. The van der Waals surface area contributed by atoms with Gasteiger partial charge in [0, 0.05) is 13.0 Å². The fourth-order valence-corrected chi connectivity index (χ4v) is 3.25. The molecule has 0 radical (unpaired) electrons. The van der Waals surface area contributed by atoms with Crippen molar-refractivity contribution in [2.75, 3.05) is 0 Å². The van der Waals surface area contributed by atoms with Crippen molar-refractivity contribution < 1.29 is 0 Å². The fourth-order valence-electron chi connectivity index (χ4n) is 1.61. The molecule has 0 aliphatic heterocycles. The Balaban J connectivity index is 2.01. The molecule has 2 aromatic heterocycles. The molecule has 0 aromatic carbocycles. The minimum absolute atomic E-state index is 0.805. The molecule has 0 bridgehead atoms. The molecule has 0 unspecified atom stereocenters. The number of aryl methyl sites for hydroxylation is 2. The van der Waals surface area contributed by atoms with Crippen molar-refractivity contribution in [2.24, 2.45) is 0 Å². The highest BCUT2D eigenvalue weighted by Gasteiger charge is 2.10. The van der Waals surface area contributed by atoms with Crippen LogP contribution >= 0.6 is 23.3 Å². The molecule has 2 rings (SSSR count). The molecule has 0 spiro atoms. The lowest BCUT2D eigenvalue weighted by Gasteiger charge is -2.05. The van der Waals surface area contributed by atoms with Crippen LogP contribution in [-0.4, -0.2) is 24.1 Å². The second-order valence-electron chi connectivity index (χ2n) is 3.93. The number of hydrogen-bond acceptors (Lipinski definition) is 6. The molecule has 0 atom stereocenters. The minimum Gasteiger partial charge on any atom is -0.315 e. The second kappa shape index (κ2) is 6.29. The molecule has 7 heteroatoms. The van der Waals surface area contributed by atoms with Crippen LogP contribution in [-0.2, 0) is 18.7 Å². The summed E-state index contributed by atoms with van der Waals surface area (Å²) in [6.45, 7) is 7.20. The largest absolute Gasteiger partial charge is 0.315 e. The maximum absolute atomic E-state index is 4.44. The average molecular weight is 283 g/mol. The first-order valence-corrected chi connectivity index (χ1v) is 7.84. The predicted molar refractivity (Wildman–Crippen MR) is 73.9 cm³/mol. The van der Waals surface area contributed by atoms with Gasteiger partial charge in [-0.25, -0.2) is 4.98 Å². The van der Waals surface area contributed by atoms with E-state index in [2.05, 4.69) is 38.0 Å². The highest BCUT2D eigenvalue weighted by Crippen LogP contribution is 2.24. The van der Waals surface area contributed by atoms with E-state index in [-0.39, 0.29) is 0 Å². The van der Waals surface area contributed by atoms with Gasteiger partial charge in [-0.3, -0.25) is 0 Å². The van der Waals surface area contributed by atoms with Crippen LogP contribution in [0.1, 0.15) is 37.7 Å². The Morgan fingerprint density at radius 2 is 2.11 bits per heavy atom. The highest BCUT2D eigenvalue weighted by molar-refractivity contribution is 8.00. The van der Waals surface area contributed by atoms with Gasteiger partial charge in [0.15, 0.2) is 4.34 Å². The van der Waals surface area contributed by atoms with E-state index in [0.717, 1.165) is 47.0 Å². The van der Waals surface area contributed by atoms with E-state index < -0.39 is 0 Å². The van der Waals surface area contributed by atoms with Crippen molar-refractivity contribution in [3.63, 3.8) is 0 Å². The monoisotopic (exact) mass is 283 g/mol. The highest BCUT2D eigenvalue weighted by atomic mass is 32.2. The normalized spacial score (nSPS) is 11.1. The third-order valence-corrected chi connectivity index (χ3v) is 4.42. The van der Waals surface area contributed by atoms with Crippen LogP contribution in [0, 0.1) is 6.92 Å². The number of hydrogen-bond donors (Lipinski definition) is 0. The van der Waals surface area contributed by atoms with Crippen LogP contribution in [0.25, 0.3) is 0 Å². The molecule has 18 heavy (non-hydrogen) atoms. The van der Waals surface area contributed by atoms with Crippen molar-refractivity contribution in [2.45, 2.75) is 50.3 Å². The summed E-state index contributed by atoms with van der Waals surface area (Å²) in [4.78, 5) is 4.44. The van der Waals surface area contributed by atoms with Gasteiger partial charge in [0.2, 0.25) is 0 Å². The van der Waals surface area contributed by atoms with Crippen LogP contribution in [0.15, 0.2) is 4.34 Å². The van der Waals surface area contributed by atoms with Gasteiger partial charge < -0.3 is 4.57 Å². The first-order valence-electron chi connectivity index (χ1n) is 6.08. The van der Waals surface area contributed by atoms with Crippen molar-refractivity contribution in [3.8, 4) is 0 Å². The van der Waals surface area contributed by atoms with E-state index in [1.807, 2.05) is 6.92 Å². The number of rotatable bonds is 6. The molecule has 5 nitrogen and oxygen atoms in total. The van der Waals surface area contributed by atoms with E-state index >= 15 is 0 Å². The topological polar surface area (TPSA) is 56.5 Å². The van der Waals surface area contributed by atoms with Gasteiger partial charge in [-0.2, -0.15) is 4.37 Å². The maximum Gasteiger partial charge on any atom is 0.170 e. The lowest BCUT2D eigenvalue weighted by molar-refractivity contribution is 0.637. The summed E-state index contributed by atoms with van der Waals surface area (Å²) in [5, 5.41) is 8.36. The molecule has 0 aliphatic carbocycles. The Bertz CT molecular complexity index is 505. The van der Waals surface area contributed by atoms with Crippen LogP contribution in [0.4, 0.5) is 0 Å². The van der Waals surface area contributed by atoms with Crippen LogP contribution < -0.4 is 0 Å². The lowest BCUT2D eigenvalue weighted by atomic mass is 10.4. The van der Waals surface area contributed by atoms with Gasteiger partial charge >= 0.3 is 0 Å². The number of thioether (sulfide) groups is 1. The predicted octanol–water partition coefficient (Wildman–Crippen LogP) is 2.70. The Morgan fingerprint density at radius 1 is 1.28 bits per heavy atom. The van der Waals surface area contributed by atoms with Crippen LogP contribution in [0.5, 0.6) is 0 Å². The number of aromatic nitrogens is 5. The smallest absolute Gasteiger partial charge is 0.170 e. The quantitative estimate of drug-likeness (QED) is 0.763. The zero-order valence-electron chi connectivity index (χ0n) is 10.9. The van der Waals surface area contributed by atoms with Gasteiger partial charge in [-0.05, 0) is 24.9 Å². The molecule has 0 N–H and O–H groups in total. The zero-order valence-corrected chi connectivity index (χ0v) is 12.5. The van der Waals surface area contributed by atoms with E-state index in [1.54, 1.807) is 11.8 Å².